The number of nitrogens with zero attached hydrogens (tertiary/aromatic N) is 1. The van der Waals surface area contributed by atoms with Crippen LogP contribution in [0.15, 0.2) is 53.9 Å². The molecule has 2 amide bonds. The second-order valence-corrected chi connectivity index (χ2v) is 8.13. The quantitative estimate of drug-likeness (QED) is 0.439. The Balaban J connectivity index is 1.64. The largest absolute Gasteiger partial charge is 0.424 e. The van der Waals surface area contributed by atoms with Gasteiger partial charge in [0.15, 0.2) is 0 Å². The zero-order chi connectivity index (χ0) is 24.2. The van der Waals surface area contributed by atoms with E-state index in [0.29, 0.717) is 28.3 Å². The Kier molecular flexibility index (Phi) is 7.13. The summed E-state index contributed by atoms with van der Waals surface area (Å²) in [7, 11) is 0. The van der Waals surface area contributed by atoms with E-state index in [2.05, 4.69) is 15.6 Å². The van der Waals surface area contributed by atoms with Gasteiger partial charge in [-0.1, -0.05) is 12.1 Å². The molecule has 11 heteroatoms. The van der Waals surface area contributed by atoms with Gasteiger partial charge in [-0.15, -0.1) is 11.3 Å². The Labute approximate surface area is 190 Å². The monoisotopic (exact) mass is 481 g/mol. The highest BCUT2D eigenvalue weighted by Gasteiger charge is 2.58. The van der Waals surface area contributed by atoms with E-state index in [4.69, 9.17) is 0 Å². The summed E-state index contributed by atoms with van der Waals surface area (Å²) in [4.78, 5) is 28.2. The lowest BCUT2D eigenvalue weighted by molar-refractivity contribution is -0.267. The molecule has 1 aromatic heterocycles. The number of nitrogens with one attached hydrogen (secondary N) is 2. The Bertz CT molecular complexity index is 1150. The maximum Gasteiger partial charge on any atom is 0.424 e. The molecule has 0 spiro atoms. The van der Waals surface area contributed by atoms with Crippen molar-refractivity contribution in [3.05, 3.63) is 81.6 Å². The van der Waals surface area contributed by atoms with Crippen molar-refractivity contribution in [2.75, 3.05) is 5.32 Å². The molecule has 33 heavy (non-hydrogen) atoms. The van der Waals surface area contributed by atoms with Gasteiger partial charge in [-0.3, -0.25) is 9.59 Å². The number of rotatable bonds is 7. The Morgan fingerprint density at radius 2 is 1.82 bits per heavy atom. The average Bonchev–Trinajstić information content (AvgIpc) is 3.19. The highest BCUT2D eigenvalue weighted by atomic mass is 32.1. The third-order valence-corrected chi connectivity index (χ3v) is 5.75. The molecule has 0 bridgehead atoms. The third-order valence-electron chi connectivity index (χ3n) is 4.64. The number of thiazole rings is 1. The standard InChI is InChI=1S/C22H19F4N3O3S/c1-13-12-33-20(28-13)21(32,22(24,25)26)10-18(30)27-11-14-3-2-4-17(9-14)29-19(31)15-5-7-16(23)8-6-15/h2-9,12,32H,10-11H2,1H3,(H,27,30)(H,29,31). The number of hydrogen-bond donors (Lipinski definition) is 3. The summed E-state index contributed by atoms with van der Waals surface area (Å²) in [6, 6.07) is 11.2. The van der Waals surface area contributed by atoms with E-state index in [9.17, 15) is 32.3 Å². The van der Waals surface area contributed by atoms with Crippen LogP contribution in [-0.4, -0.2) is 28.1 Å². The van der Waals surface area contributed by atoms with Crippen LogP contribution in [0.4, 0.5) is 23.2 Å². The molecule has 0 radical (unpaired) electrons. The molecule has 1 unspecified atom stereocenters. The Morgan fingerprint density at radius 3 is 2.42 bits per heavy atom. The number of benzene rings is 2. The van der Waals surface area contributed by atoms with Crippen LogP contribution < -0.4 is 10.6 Å². The topological polar surface area (TPSA) is 91.3 Å². The minimum atomic E-state index is -5.10. The van der Waals surface area contributed by atoms with Crippen molar-refractivity contribution in [3.63, 3.8) is 0 Å². The molecule has 0 aliphatic carbocycles. The number of carbonyl (C=O) groups is 2. The average molecular weight is 481 g/mol. The smallest absolute Gasteiger partial charge is 0.374 e. The van der Waals surface area contributed by atoms with Gasteiger partial charge in [0.25, 0.3) is 5.91 Å². The number of halogens is 4. The highest BCUT2D eigenvalue weighted by molar-refractivity contribution is 7.09. The molecule has 3 rings (SSSR count). The number of aliphatic hydroxyl groups is 1. The van der Waals surface area contributed by atoms with E-state index >= 15 is 0 Å². The van der Waals surface area contributed by atoms with Crippen LogP contribution in [0.2, 0.25) is 0 Å². The summed E-state index contributed by atoms with van der Waals surface area (Å²) in [6.45, 7) is 1.35. The lowest BCUT2D eigenvalue weighted by atomic mass is 9.99. The van der Waals surface area contributed by atoms with E-state index in [1.165, 1.54) is 30.5 Å². The van der Waals surface area contributed by atoms with Crippen LogP contribution in [0.3, 0.4) is 0 Å². The molecule has 3 aromatic rings. The third kappa shape index (κ3) is 5.93. The first-order valence-corrected chi connectivity index (χ1v) is 10.5. The van der Waals surface area contributed by atoms with Gasteiger partial charge in [-0.2, -0.15) is 13.2 Å². The van der Waals surface area contributed by atoms with Crippen molar-refractivity contribution in [1.29, 1.82) is 0 Å². The van der Waals surface area contributed by atoms with Gasteiger partial charge in [-0.05, 0) is 48.9 Å². The summed E-state index contributed by atoms with van der Waals surface area (Å²) in [6.07, 6.45) is -6.34. The van der Waals surface area contributed by atoms with Crippen LogP contribution in [0.1, 0.15) is 33.0 Å². The predicted molar refractivity (Wildman–Crippen MR) is 114 cm³/mol. The minimum absolute atomic E-state index is 0.135. The molecule has 1 heterocycles. The summed E-state index contributed by atoms with van der Waals surface area (Å²) in [5.74, 6) is -1.99. The summed E-state index contributed by atoms with van der Waals surface area (Å²) < 4.78 is 53.6. The first kappa shape index (κ1) is 24.3. The molecule has 2 aromatic carbocycles. The van der Waals surface area contributed by atoms with Crippen LogP contribution >= 0.6 is 11.3 Å². The summed E-state index contributed by atoms with van der Waals surface area (Å²) in [5.41, 5.74) is -1.99. The van der Waals surface area contributed by atoms with Gasteiger partial charge in [0.05, 0.1) is 6.42 Å². The Morgan fingerprint density at radius 1 is 1.12 bits per heavy atom. The van der Waals surface area contributed by atoms with E-state index in [0.717, 1.165) is 12.1 Å². The van der Waals surface area contributed by atoms with E-state index in [1.807, 2.05) is 0 Å². The maximum atomic E-state index is 13.5. The SMILES string of the molecule is Cc1csc(C(O)(CC(=O)NCc2cccc(NC(=O)c3ccc(F)cc3)c2)C(F)(F)F)n1. The number of aromatic nitrogens is 1. The van der Waals surface area contributed by atoms with Crippen molar-refractivity contribution in [2.45, 2.75) is 31.7 Å². The fourth-order valence-corrected chi connectivity index (χ4v) is 3.81. The number of anilines is 1. The molecule has 174 valence electrons. The van der Waals surface area contributed by atoms with Crippen LogP contribution in [0, 0.1) is 12.7 Å². The fraction of sp³-hybridized carbons (Fsp3) is 0.227. The first-order valence-electron chi connectivity index (χ1n) is 9.62. The number of amides is 2. The molecule has 3 N–H and O–H groups in total. The summed E-state index contributed by atoms with van der Waals surface area (Å²) >= 11 is 0.624. The molecule has 0 saturated heterocycles. The molecular formula is C22H19F4N3O3S. The minimum Gasteiger partial charge on any atom is -0.374 e. The number of hydrogen-bond acceptors (Lipinski definition) is 5. The molecule has 0 aliphatic rings. The van der Waals surface area contributed by atoms with Crippen molar-refractivity contribution in [2.24, 2.45) is 0 Å². The van der Waals surface area contributed by atoms with Crippen molar-refractivity contribution < 1.29 is 32.3 Å². The first-order chi connectivity index (χ1) is 15.5. The summed E-state index contributed by atoms with van der Waals surface area (Å²) in [5, 5.41) is 16.0. The molecule has 0 fully saturated rings. The van der Waals surface area contributed by atoms with Crippen LogP contribution in [-0.2, 0) is 16.9 Å². The van der Waals surface area contributed by atoms with Gasteiger partial charge < -0.3 is 15.7 Å². The lowest BCUT2D eigenvalue weighted by Crippen LogP contribution is -2.46. The molecule has 0 aliphatic heterocycles. The predicted octanol–water partition coefficient (Wildman–Crippen LogP) is 4.30. The lowest BCUT2D eigenvalue weighted by Gasteiger charge is -2.27. The van der Waals surface area contributed by atoms with Gasteiger partial charge in [0.1, 0.15) is 10.8 Å². The van der Waals surface area contributed by atoms with E-state index < -0.39 is 40.8 Å². The number of aryl methyl sites for hydroxylation is 1. The number of alkyl halides is 3. The Hall–Kier alpha value is -3.31. The van der Waals surface area contributed by atoms with Crippen molar-refractivity contribution in [3.8, 4) is 0 Å². The van der Waals surface area contributed by atoms with Gasteiger partial charge >= 0.3 is 6.18 Å². The van der Waals surface area contributed by atoms with Gasteiger partial charge in [0.2, 0.25) is 11.5 Å². The molecule has 6 nitrogen and oxygen atoms in total. The molecular weight excluding hydrogens is 462 g/mol. The van der Waals surface area contributed by atoms with Crippen molar-refractivity contribution >= 4 is 28.8 Å². The maximum absolute atomic E-state index is 13.5. The van der Waals surface area contributed by atoms with Crippen molar-refractivity contribution in [1.82, 2.24) is 10.3 Å². The van der Waals surface area contributed by atoms with Crippen LogP contribution in [0.5, 0.6) is 0 Å². The normalized spacial score (nSPS) is 13.3. The fourth-order valence-electron chi connectivity index (χ4n) is 2.90. The highest BCUT2D eigenvalue weighted by Crippen LogP contribution is 2.42. The van der Waals surface area contributed by atoms with E-state index in [1.54, 1.807) is 18.2 Å². The molecule has 0 saturated carbocycles. The van der Waals surface area contributed by atoms with Gasteiger partial charge in [0, 0.05) is 28.9 Å². The second kappa shape index (κ2) is 9.67. The molecule has 1 atom stereocenters. The number of carbonyl (C=O) groups excluding carboxylic acids is 2. The van der Waals surface area contributed by atoms with Gasteiger partial charge in [-0.25, -0.2) is 9.37 Å². The zero-order valence-electron chi connectivity index (χ0n) is 17.2. The van der Waals surface area contributed by atoms with E-state index in [-0.39, 0.29) is 12.1 Å². The van der Waals surface area contributed by atoms with Crippen LogP contribution in [0.25, 0.3) is 0 Å². The second-order valence-electron chi connectivity index (χ2n) is 7.27. The zero-order valence-corrected chi connectivity index (χ0v) is 18.1.